The van der Waals surface area contributed by atoms with Gasteiger partial charge in [0.05, 0.1) is 16.9 Å². The summed E-state index contributed by atoms with van der Waals surface area (Å²) in [6.07, 6.45) is 7.20. The summed E-state index contributed by atoms with van der Waals surface area (Å²) < 4.78 is 3.82. The van der Waals surface area contributed by atoms with Gasteiger partial charge in [0.2, 0.25) is 0 Å². The number of nitrogens with zero attached hydrogens (tertiary/aromatic N) is 4. The van der Waals surface area contributed by atoms with Crippen molar-refractivity contribution in [1.82, 2.24) is 24.6 Å². The first kappa shape index (κ1) is 18.0. The van der Waals surface area contributed by atoms with E-state index in [-0.39, 0.29) is 5.91 Å². The molecule has 3 aromatic rings. The van der Waals surface area contributed by atoms with Crippen molar-refractivity contribution in [3.05, 3.63) is 50.9 Å². The van der Waals surface area contributed by atoms with Crippen LogP contribution in [0.4, 0.5) is 0 Å². The lowest BCUT2D eigenvalue weighted by Crippen LogP contribution is -2.27. The van der Waals surface area contributed by atoms with Crippen LogP contribution >= 0.6 is 11.3 Å². The Balaban J connectivity index is 1.46. The lowest BCUT2D eigenvalue weighted by molar-refractivity contribution is 0.0954. The molecule has 1 amide bonds. The second-order valence-electron chi connectivity index (χ2n) is 7.15. The van der Waals surface area contributed by atoms with E-state index in [9.17, 15) is 4.79 Å². The van der Waals surface area contributed by atoms with Gasteiger partial charge < -0.3 is 9.88 Å². The van der Waals surface area contributed by atoms with Crippen molar-refractivity contribution in [3.63, 3.8) is 0 Å². The third kappa shape index (κ3) is 3.43. The number of amides is 1. The number of hydrogen-bond acceptors (Lipinski definition) is 4. The fourth-order valence-corrected chi connectivity index (χ4v) is 4.91. The summed E-state index contributed by atoms with van der Waals surface area (Å²) in [6.45, 7) is 4.65. The summed E-state index contributed by atoms with van der Waals surface area (Å²) in [6, 6.07) is 4.10. The van der Waals surface area contributed by atoms with Gasteiger partial charge in [-0.2, -0.15) is 5.10 Å². The number of hydrogen-bond donors (Lipinski definition) is 1. The van der Waals surface area contributed by atoms with Gasteiger partial charge in [-0.15, -0.1) is 11.3 Å². The molecule has 0 saturated carbocycles. The zero-order valence-corrected chi connectivity index (χ0v) is 16.9. The van der Waals surface area contributed by atoms with Gasteiger partial charge in [0, 0.05) is 36.3 Å². The van der Waals surface area contributed by atoms with Gasteiger partial charge in [0.1, 0.15) is 11.4 Å². The van der Waals surface area contributed by atoms with Gasteiger partial charge >= 0.3 is 0 Å². The Morgan fingerprint density at radius 3 is 2.70 bits per heavy atom. The average molecular weight is 384 g/mol. The molecule has 7 heteroatoms. The molecule has 0 saturated heterocycles. The van der Waals surface area contributed by atoms with Crippen LogP contribution in [0.2, 0.25) is 0 Å². The van der Waals surface area contributed by atoms with Crippen molar-refractivity contribution in [2.45, 2.75) is 46.0 Å². The van der Waals surface area contributed by atoms with E-state index in [1.165, 1.54) is 23.4 Å². The van der Waals surface area contributed by atoms with Crippen molar-refractivity contribution in [1.29, 1.82) is 0 Å². The van der Waals surface area contributed by atoms with Gasteiger partial charge in [-0.25, -0.2) is 4.98 Å². The highest BCUT2D eigenvalue weighted by Crippen LogP contribution is 2.26. The van der Waals surface area contributed by atoms with E-state index in [1.54, 1.807) is 10.9 Å². The molecule has 27 heavy (non-hydrogen) atoms. The Hall–Kier alpha value is -2.41. The molecule has 0 unspecified atom stereocenters. The van der Waals surface area contributed by atoms with Crippen LogP contribution in [0, 0.1) is 13.8 Å². The number of rotatable bonds is 5. The molecule has 3 aromatic heterocycles. The highest BCUT2D eigenvalue weighted by molar-refractivity contribution is 7.11. The summed E-state index contributed by atoms with van der Waals surface area (Å²) in [5.41, 5.74) is 4.04. The predicted molar refractivity (Wildman–Crippen MR) is 107 cm³/mol. The molecule has 0 spiro atoms. The summed E-state index contributed by atoms with van der Waals surface area (Å²) in [5, 5.41) is 8.48. The van der Waals surface area contributed by atoms with Crippen molar-refractivity contribution in [2.75, 3.05) is 6.54 Å². The first-order chi connectivity index (χ1) is 13.0. The standard InChI is InChI=1S/C20H25N5OS/c1-13-8-9-14(2)25(13)20-15(12-22-24(20)3)19(26)21-11-10-18-23-16-6-4-5-7-17(16)27-18/h8-9,12H,4-7,10-11H2,1-3H3,(H,21,26). The first-order valence-corrected chi connectivity index (χ1v) is 10.3. The largest absolute Gasteiger partial charge is 0.351 e. The number of aryl methyl sites for hydroxylation is 5. The van der Waals surface area contributed by atoms with E-state index < -0.39 is 0 Å². The number of carbonyl (C=O) groups is 1. The van der Waals surface area contributed by atoms with Crippen LogP contribution < -0.4 is 5.32 Å². The van der Waals surface area contributed by atoms with E-state index in [1.807, 2.05) is 44.4 Å². The molecule has 6 nitrogen and oxygen atoms in total. The summed E-state index contributed by atoms with van der Waals surface area (Å²) in [5.74, 6) is 0.712. The maximum atomic E-state index is 12.8. The summed E-state index contributed by atoms with van der Waals surface area (Å²) in [7, 11) is 1.87. The lowest BCUT2D eigenvalue weighted by atomic mass is 10.0. The van der Waals surface area contributed by atoms with E-state index in [0.29, 0.717) is 12.1 Å². The number of thiazole rings is 1. The van der Waals surface area contributed by atoms with Gasteiger partial charge in [-0.3, -0.25) is 9.48 Å². The number of aromatic nitrogens is 4. The molecule has 3 heterocycles. The van der Waals surface area contributed by atoms with E-state index in [4.69, 9.17) is 4.98 Å². The third-order valence-electron chi connectivity index (χ3n) is 5.15. The smallest absolute Gasteiger partial charge is 0.256 e. The minimum Gasteiger partial charge on any atom is -0.351 e. The van der Waals surface area contributed by atoms with Crippen LogP contribution in [0.1, 0.15) is 50.2 Å². The van der Waals surface area contributed by atoms with E-state index in [2.05, 4.69) is 15.0 Å². The lowest BCUT2D eigenvalue weighted by Gasteiger charge is -2.12. The van der Waals surface area contributed by atoms with E-state index in [0.717, 1.165) is 41.5 Å². The van der Waals surface area contributed by atoms with E-state index >= 15 is 0 Å². The van der Waals surface area contributed by atoms with Crippen molar-refractivity contribution >= 4 is 17.2 Å². The molecule has 1 aliphatic rings. The van der Waals surface area contributed by atoms with Gasteiger partial charge in [0.25, 0.3) is 5.91 Å². The molecule has 142 valence electrons. The van der Waals surface area contributed by atoms with Crippen molar-refractivity contribution in [3.8, 4) is 5.82 Å². The monoisotopic (exact) mass is 383 g/mol. The second-order valence-corrected chi connectivity index (χ2v) is 8.32. The molecule has 0 bridgehead atoms. The summed E-state index contributed by atoms with van der Waals surface area (Å²) >= 11 is 1.81. The molecular weight excluding hydrogens is 358 g/mol. The normalized spacial score (nSPS) is 13.6. The molecule has 4 rings (SSSR count). The Kier molecular flexibility index (Phi) is 4.86. The zero-order chi connectivity index (χ0) is 19.0. The molecular formula is C20H25N5OS. The van der Waals surface area contributed by atoms with Crippen LogP contribution in [-0.4, -0.2) is 31.8 Å². The quantitative estimate of drug-likeness (QED) is 0.736. The molecule has 0 fully saturated rings. The van der Waals surface area contributed by atoms with Crippen LogP contribution in [-0.2, 0) is 26.3 Å². The SMILES string of the molecule is Cc1ccc(C)n1-c1c(C(=O)NCCc2nc3c(s2)CCCC3)cnn1C. The predicted octanol–water partition coefficient (Wildman–Crippen LogP) is 3.14. The number of carbonyl (C=O) groups excluding carboxylic acids is 1. The van der Waals surface area contributed by atoms with Crippen molar-refractivity contribution in [2.24, 2.45) is 7.05 Å². The highest BCUT2D eigenvalue weighted by atomic mass is 32.1. The zero-order valence-electron chi connectivity index (χ0n) is 16.1. The minimum atomic E-state index is -0.0908. The van der Waals surface area contributed by atoms with Gasteiger partial charge in [0.15, 0.2) is 0 Å². The Bertz CT molecular complexity index is 938. The average Bonchev–Trinajstić information content (AvgIpc) is 3.32. The molecule has 1 N–H and O–H groups in total. The minimum absolute atomic E-state index is 0.0908. The topological polar surface area (TPSA) is 64.7 Å². The van der Waals surface area contributed by atoms with Crippen LogP contribution in [0.3, 0.4) is 0 Å². The Morgan fingerprint density at radius 1 is 1.22 bits per heavy atom. The first-order valence-electron chi connectivity index (χ1n) is 9.47. The van der Waals surface area contributed by atoms with Crippen LogP contribution in [0.5, 0.6) is 0 Å². The molecule has 1 aliphatic carbocycles. The van der Waals surface area contributed by atoms with Crippen LogP contribution in [0.25, 0.3) is 5.82 Å². The fraction of sp³-hybridized carbons (Fsp3) is 0.450. The molecule has 0 atom stereocenters. The van der Waals surface area contributed by atoms with Gasteiger partial charge in [-0.05, 0) is 51.7 Å². The van der Waals surface area contributed by atoms with Crippen LogP contribution in [0.15, 0.2) is 18.3 Å². The Labute approximate surface area is 163 Å². The maximum Gasteiger partial charge on any atom is 0.256 e. The van der Waals surface area contributed by atoms with Crippen molar-refractivity contribution < 1.29 is 4.79 Å². The fourth-order valence-electron chi connectivity index (χ4n) is 3.75. The number of fused-ring (bicyclic) bond motifs is 1. The maximum absolute atomic E-state index is 12.8. The number of nitrogens with one attached hydrogen (secondary N) is 1. The molecule has 0 aliphatic heterocycles. The third-order valence-corrected chi connectivity index (χ3v) is 6.37. The second kappa shape index (κ2) is 7.31. The molecule has 0 radical (unpaired) electrons. The Morgan fingerprint density at radius 2 is 1.96 bits per heavy atom. The highest BCUT2D eigenvalue weighted by Gasteiger charge is 2.20. The molecule has 0 aromatic carbocycles. The van der Waals surface area contributed by atoms with Gasteiger partial charge in [-0.1, -0.05) is 0 Å². The summed E-state index contributed by atoms with van der Waals surface area (Å²) in [4.78, 5) is 19.0.